The lowest BCUT2D eigenvalue weighted by Crippen LogP contribution is -2.51. The Morgan fingerprint density at radius 3 is 2.52 bits per heavy atom. The van der Waals surface area contributed by atoms with Gasteiger partial charge >= 0.3 is 0 Å². The van der Waals surface area contributed by atoms with E-state index in [-0.39, 0.29) is 30.1 Å². The van der Waals surface area contributed by atoms with Crippen LogP contribution in [0, 0.1) is 11.7 Å². The summed E-state index contributed by atoms with van der Waals surface area (Å²) in [6, 6.07) is 4.97. The summed E-state index contributed by atoms with van der Waals surface area (Å²) in [5.74, 6) is -0.660. The molecule has 5 nitrogen and oxygen atoms in total. The van der Waals surface area contributed by atoms with E-state index in [0.29, 0.717) is 18.5 Å². The van der Waals surface area contributed by atoms with Gasteiger partial charge in [-0.1, -0.05) is 26.0 Å². The molecule has 1 aliphatic heterocycles. The average Bonchev–Trinajstić information content (AvgIpc) is 2.91. The average molecular weight is 322 g/mol. The zero-order valence-corrected chi connectivity index (χ0v) is 13.5. The van der Waals surface area contributed by atoms with E-state index in [4.69, 9.17) is 0 Å². The van der Waals surface area contributed by atoms with Gasteiger partial charge in [-0.25, -0.2) is 4.39 Å². The number of nitrogens with zero attached hydrogens (tertiary/aromatic N) is 1. The first-order valence-electron chi connectivity index (χ1n) is 7.91. The fourth-order valence-electron chi connectivity index (χ4n) is 2.87. The van der Waals surface area contributed by atoms with Crippen LogP contribution in [0.5, 0.6) is 0 Å². The normalized spacial score (nSPS) is 17.4. The summed E-state index contributed by atoms with van der Waals surface area (Å²) in [6.45, 7) is 4.41. The zero-order chi connectivity index (χ0) is 17.0. The lowest BCUT2D eigenvalue weighted by Gasteiger charge is -2.30. The van der Waals surface area contributed by atoms with Gasteiger partial charge in [-0.2, -0.15) is 0 Å². The molecule has 1 heterocycles. The number of aliphatic hydroxyl groups is 1. The molecule has 126 valence electrons. The van der Waals surface area contributed by atoms with Gasteiger partial charge in [-0.05, 0) is 30.0 Å². The van der Waals surface area contributed by atoms with Crippen molar-refractivity contribution in [2.24, 2.45) is 5.92 Å². The first-order chi connectivity index (χ1) is 10.9. The Morgan fingerprint density at radius 1 is 1.35 bits per heavy atom. The van der Waals surface area contributed by atoms with Crippen molar-refractivity contribution in [3.05, 3.63) is 35.6 Å². The van der Waals surface area contributed by atoms with Crippen LogP contribution >= 0.6 is 0 Å². The Hall–Kier alpha value is -1.95. The molecular formula is C17H23FN2O3. The maximum atomic E-state index is 12.9. The van der Waals surface area contributed by atoms with Gasteiger partial charge in [-0.3, -0.25) is 9.59 Å². The molecule has 0 radical (unpaired) electrons. The van der Waals surface area contributed by atoms with E-state index < -0.39 is 12.1 Å². The number of likely N-dealkylation sites (tertiary alicyclic amines) is 1. The van der Waals surface area contributed by atoms with Gasteiger partial charge in [-0.15, -0.1) is 0 Å². The van der Waals surface area contributed by atoms with Crippen LogP contribution in [-0.2, 0) is 9.59 Å². The summed E-state index contributed by atoms with van der Waals surface area (Å²) in [4.78, 5) is 25.9. The third-order valence-electron chi connectivity index (χ3n) is 4.07. The summed E-state index contributed by atoms with van der Waals surface area (Å²) < 4.78 is 12.9. The molecule has 1 aromatic carbocycles. The van der Waals surface area contributed by atoms with Crippen LogP contribution in [0.3, 0.4) is 0 Å². The molecule has 0 aliphatic carbocycles. The molecule has 0 aromatic heterocycles. The number of hydrogen-bond donors (Lipinski definition) is 2. The van der Waals surface area contributed by atoms with Crippen molar-refractivity contribution in [3.8, 4) is 0 Å². The maximum Gasteiger partial charge on any atom is 0.243 e. The highest BCUT2D eigenvalue weighted by Crippen LogP contribution is 2.19. The number of rotatable bonds is 6. The zero-order valence-electron chi connectivity index (χ0n) is 13.5. The summed E-state index contributed by atoms with van der Waals surface area (Å²) in [5, 5.41) is 12.8. The van der Waals surface area contributed by atoms with Crippen LogP contribution in [0.15, 0.2) is 24.3 Å². The van der Waals surface area contributed by atoms with Gasteiger partial charge < -0.3 is 15.3 Å². The monoisotopic (exact) mass is 322 g/mol. The lowest BCUT2D eigenvalue weighted by atomic mass is 10.0. The molecule has 0 bridgehead atoms. The first-order valence-corrected chi connectivity index (χ1v) is 7.91. The molecule has 2 unspecified atom stereocenters. The number of benzene rings is 1. The van der Waals surface area contributed by atoms with Crippen molar-refractivity contribution in [2.45, 2.75) is 38.8 Å². The Labute approximate surface area is 135 Å². The summed E-state index contributed by atoms with van der Waals surface area (Å²) in [5.41, 5.74) is 0.532. The van der Waals surface area contributed by atoms with Crippen LogP contribution in [-0.4, -0.2) is 41.0 Å². The lowest BCUT2D eigenvalue weighted by molar-refractivity contribution is -0.139. The number of nitrogens with one attached hydrogen (secondary N) is 1. The highest BCUT2D eigenvalue weighted by Gasteiger charge is 2.34. The van der Waals surface area contributed by atoms with Crippen molar-refractivity contribution in [2.75, 3.05) is 13.1 Å². The third kappa shape index (κ3) is 4.28. The third-order valence-corrected chi connectivity index (χ3v) is 4.07. The second-order valence-corrected chi connectivity index (χ2v) is 6.19. The van der Waals surface area contributed by atoms with Crippen molar-refractivity contribution in [3.63, 3.8) is 0 Å². The summed E-state index contributed by atoms with van der Waals surface area (Å²) in [6.07, 6.45) is 0.337. The predicted molar refractivity (Wildman–Crippen MR) is 83.9 cm³/mol. The molecule has 2 atom stereocenters. The van der Waals surface area contributed by atoms with Crippen LogP contribution in [0.1, 0.15) is 38.4 Å². The van der Waals surface area contributed by atoms with Crippen molar-refractivity contribution >= 4 is 11.8 Å². The second kappa shape index (κ2) is 7.55. The molecule has 23 heavy (non-hydrogen) atoms. The minimum Gasteiger partial charge on any atom is -0.387 e. The van der Waals surface area contributed by atoms with Crippen molar-refractivity contribution < 1.29 is 19.1 Å². The van der Waals surface area contributed by atoms with Crippen LogP contribution in [0.2, 0.25) is 0 Å². The second-order valence-electron chi connectivity index (χ2n) is 6.19. The highest BCUT2D eigenvalue weighted by atomic mass is 19.1. The first kappa shape index (κ1) is 17.4. The topological polar surface area (TPSA) is 69.6 Å². The Balaban J connectivity index is 1.96. The van der Waals surface area contributed by atoms with E-state index in [2.05, 4.69) is 5.32 Å². The SMILES string of the molecule is CC(C)C(C(=O)NCC(O)c1ccc(F)cc1)N1CCCC1=O. The highest BCUT2D eigenvalue weighted by molar-refractivity contribution is 5.88. The van der Waals surface area contributed by atoms with E-state index in [0.717, 1.165) is 6.42 Å². The number of aliphatic hydroxyl groups excluding tert-OH is 1. The molecule has 1 fully saturated rings. The summed E-state index contributed by atoms with van der Waals surface area (Å²) >= 11 is 0. The maximum absolute atomic E-state index is 12.9. The Kier molecular flexibility index (Phi) is 5.71. The molecule has 1 aromatic rings. The molecule has 2 N–H and O–H groups in total. The van der Waals surface area contributed by atoms with Gasteiger partial charge in [0, 0.05) is 19.5 Å². The van der Waals surface area contributed by atoms with E-state index in [1.165, 1.54) is 24.3 Å². The molecule has 6 heteroatoms. The Bertz CT molecular complexity index is 559. The minimum absolute atomic E-state index is 0.00191. The van der Waals surface area contributed by atoms with Gasteiger partial charge in [0.2, 0.25) is 11.8 Å². The largest absolute Gasteiger partial charge is 0.387 e. The minimum atomic E-state index is -0.915. The van der Waals surface area contributed by atoms with E-state index >= 15 is 0 Å². The number of carbonyl (C=O) groups is 2. The summed E-state index contributed by atoms with van der Waals surface area (Å²) in [7, 11) is 0. The fourth-order valence-corrected chi connectivity index (χ4v) is 2.87. The molecule has 0 spiro atoms. The molecule has 1 aliphatic rings. The molecule has 1 saturated heterocycles. The Morgan fingerprint density at radius 2 is 2.00 bits per heavy atom. The van der Waals surface area contributed by atoms with Crippen molar-refractivity contribution in [1.82, 2.24) is 10.2 Å². The number of amides is 2. The standard InChI is InChI=1S/C17H23FN2O3/c1-11(2)16(20-9-3-4-15(20)22)17(23)19-10-14(21)12-5-7-13(18)8-6-12/h5-8,11,14,16,21H,3-4,9-10H2,1-2H3,(H,19,23). The molecule has 2 amide bonds. The van der Waals surface area contributed by atoms with Crippen LogP contribution < -0.4 is 5.32 Å². The fraction of sp³-hybridized carbons (Fsp3) is 0.529. The van der Waals surface area contributed by atoms with Crippen LogP contribution in [0.25, 0.3) is 0 Å². The molecule has 0 saturated carbocycles. The predicted octanol–water partition coefficient (Wildman–Crippen LogP) is 1.62. The van der Waals surface area contributed by atoms with Gasteiger partial charge in [0.1, 0.15) is 11.9 Å². The van der Waals surface area contributed by atoms with Gasteiger partial charge in [0.05, 0.1) is 6.10 Å². The smallest absolute Gasteiger partial charge is 0.243 e. The quantitative estimate of drug-likeness (QED) is 0.836. The van der Waals surface area contributed by atoms with E-state index in [9.17, 15) is 19.1 Å². The van der Waals surface area contributed by atoms with Crippen LogP contribution in [0.4, 0.5) is 4.39 Å². The van der Waals surface area contributed by atoms with Gasteiger partial charge in [0.15, 0.2) is 0 Å². The van der Waals surface area contributed by atoms with Gasteiger partial charge in [0.25, 0.3) is 0 Å². The number of halogens is 1. The molecule has 2 rings (SSSR count). The van der Waals surface area contributed by atoms with E-state index in [1.807, 2.05) is 13.8 Å². The van der Waals surface area contributed by atoms with E-state index in [1.54, 1.807) is 4.90 Å². The number of hydrogen-bond acceptors (Lipinski definition) is 3. The van der Waals surface area contributed by atoms with Crippen molar-refractivity contribution in [1.29, 1.82) is 0 Å². The number of carbonyl (C=O) groups excluding carboxylic acids is 2. The molecular weight excluding hydrogens is 299 g/mol.